The highest BCUT2D eigenvalue weighted by Gasteiger charge is 2.34. The summed E-state index contributed by atoms with van der Waals surface area (Å²) in [6, 6.07) is 2.65. The normalized spacial score (nSPS) is 19.4. The van der Waals surface area contributed by atoms with E-state index in [0.717, 1.165) is 24.7 Å². The molecule has 0 bridgehead atoms. The van der Waals surface area contributed by atoms with Gasteiger partial charge in [0.25, 0.3) is 0 Å². The predicted molar refractivity (Wildman–Crippen MR) is 90.6 cm³/mol. The fourth-order valence-electron chi connectivity index (χ4n) is 2.71. The molecule has 1 saturated heterocycles. The lowest BCUT2D eigenvalue weighted by Gasteiger charge is -2.32. The monoisotopic (exact) mass is 360 g/mol. The molecular formula is C15H21ClN2O4S. The summed E-state index contributed by atoms with van der Waals surface area (Å²) in [6.07, 6.45) is 3.22. The highest BCUT2D eigenvalue weighted by Crippen LogP contribution is 2.31. The smallest absolute Gasteiger partial charge is 0.242 e. The van der Waals surface area contributed by atoms with Crippen molar-refractivity contribution in [3.63, 3.8) is 0 Å². The molecule has 1 atom stereocenters. The molecule has 1 aliphatic heterocycles. The molecule has 2 rings (SSSR count). The molecule has 1 heterocycles. The first kappa shape index (κ1) is 18.0. The van der Waals surface area contributed by atoms with Crippen molar-refractivity contribution >= 4 is 33.2 Å². The Balaban J connectivity index is 2.26. The van der Waals surface area contributed by atoms with E-state index in [-0.39, 0.29) is 5.91 Å². The van der Waals surface area contributed by atoms with Gasteiger partial charge in [0.1, 0.15) is 11.8 Å². The summed E-state index contributed by atoms with van der Waals surface area (Å²) in [7, 11) is -1.94. The zero-order chi connectivity index (χ0) is 17.2. The van der Waals surface area contributed by atoms with Gasteiger partial charge in [-0.15, -0.1) is 0 Å². The Hall–Kier alpha value is -1.31. The number of benzene rings is 1. The third kappa shape index (κ3) is 4.16. The first-order valence-corrected chi connectivity index (χ1v) is 9.58. The van der Waals surface area contributed by atoms with Crippen molar-refractivity contribution in [3.8, 4) is 5.75 Å². The van der Waals surface area contributed by atoms with E-state index in [9.17, 15) is 13.2 Å². The van der Waals surface area contributed by atoms with Gasteiger partial charge in [0.15, 0.2) is 0 Å². The van der Waals surface area contributed by atoms with Crippen LogP contribution in [-0.2, 0) is 14.8 Å². The van der Waals surface area contributed by atoms with E-state index in [1.54, 1.807) is 12.1 Å². The zero-order valence-electron chi connectivity index (χ0n) is 13.4. The predicted octanol–water partition coefficient (Wildman–Crippen LogP) is 2.41. The van der Waals surface area contributed by atoms with E-state index >= 15 is 0 Å². The lowest BCUT2D eigenvalue weighted by Crippen LogP contribution is -2.49. The number of halogens is 1. The summed E-state index contributed by atoms with van der Waals surface area (Å²) in [5, 5.41) is 3.31. The molecule has 6 nitrogen and oxygen atoms in total. The van der Waals surface area contributed by atoms with Crippen LogP contribution in [-0.4, -0.2) is 44.6 Å². The number of aryl methyl sites for hydroxylation is 1. The highest BCUT2D eigenvalue weighted by atomic mass is 35.5. The molecule has 128 valence electrons. The number of ether oxygens (including phenoxy) is 1. The third-order valence-electron chi connectivity index (χ3n) is 3.92. The molecule has 1 amide bonds. The molecule has 1 aromatic rings. The van der Waals surface area contributed by atoms with E-state index in [1.165, 1.54) is 11.4 Å². The number of carbonyl (C=O) groups is 1. The second kappa shape index (κ2) is 7.07. The van der Waals surface area contributed by atoms with Gasteiger partial charge in [-0.3, -0.25) is 4.79 Å². The lowest BCUT2D eigenvalue weighted by molar-refractivity contribution is -0.120. The van der Waals surface area contributed by atoms with Gasteiger partial charge in [-0.2, -0.15) is 4.31 Å². The third-order valence-corrected chi connectivity index (χ3v) is 5.62. The Morgan fingerprint density at radius 3 is 2.70 bits per heavy atom. The minimum atomic E-state index is -3.42. The van der Waals surface area contributed by atoms with Crippen molar-refractivity contribution in [2.75, 3.05) is 25.2 Å². The van der Waals surface area contributed by atoms with E-state index in [2.05, 4.69) is 5.32 Å². The van der Waals surface area contributed by atoms with Crippen LogP contribution in [0.15, 0.2) is 12.1 Å². The summed E-state index contributed by atoms with van der Waals surface area (Å²) in [4.78, 5) is 12.6. The van der Waals surface area contributed by atoms with Gasteiger partial charge in [0.2, 0.25) is 15.9 Å². The molecule has 1 unspecified atom stereocenters. The molecule has 0 aliphatic carbocycles. The van der Waals surface area contributed by atoms with E-state index in [1.807, 2.05) is 6.92 Å². The quantitative estimate of drug-likeness (QED) is 0.894. The topological polar surface area (TPSA) is 75.7 Å². The second-order valence-corrected chi connectivity index (χ2v) is 8.02. The van der Waals surface area contributed by atoms with Crippen LogP contribution in [0.1, 0.15) is 24.8 Å². The van der Waals surface area contributed by atoms with Crippen molar-refractivity contribution in [1.82, 2.24) is 4.31 Å². The van der Waals surface area contributed by atoms with E-state index in [4.69, 9.17) is 16.3 Å². The van der Waals surface area contributed by atoms with Crippen LogP contribution in [0.25, 0.3) is 0 Å². The lowest BCUT2D eigenvalue weighted by atomic mass is 10.0. The second-order valence-electron chi connectivity index (χ2n) is 5.68. The number of carbonyl (C=O) groups excluding carboxylic acids is 1. The van der Waals surface area contributed by atoms with Crippen molar-refractivity contribution < 1.29 is 17.9 Å². The first-order valence-electron chi connectivity index (χ1n) is 7.36. The zero-order valence-corrected chi connectivity index (χ0v) is 15.0. The molecule has 23 heavy (non-hydrogen) atoms. The number of piperidine rings is 1. The van der Waals surface area contributed by atoms with Gasteiger partial charge in [0.05, 0.1) is 19.1 Å². The number of rotatable bonds is 4. The number of nitrogens with one attached hydrogen (secondary N) is 1. The van der Waals surface area contributed by atoms with Crippen molar-refractivity contribution in [3.05, 3.63) is 22.7 Å². The summed E-state index contributed by atoms with van der Waals surface area (Å²) < 4.78 is 30.3. The van der Waals surface area contributed by atoms with Crippen LogP contribution < -0.4 is 10.1 Å². The Bertz CT molecular complexity index is 706. The summed E-state index contributed by atoms with van der Waals surface area (Å²) >= 11 is 6.05. The average Bonchev–Trinajstić information content (AvgIpc) is 2.49. The van der Waals surface area contributed by atoms with Crippen LogP contribution in [0, 0.1) is 6.92 Å². The maximum atomic E-state index is 12.6. The summed E-state index contributed by atoms with van der Waals surface area (Å²) in [5.41, 5.74) is 1.28. The minimum absolute atomic E-state index is 0.352. The molecule has 0 aromatic heterocycles. The number of hydrogen-bond donors (Lipinski definition) is 1. The SMILES string of the molecule is COc1cc(Cl)c(C)cc1NC(=O)C1CCCCN1S(C)(=O)=O. The molecule has 1 N–H and O–H groups in total. The highest BCUT2D eigenvalue weighted by molar-refractivity contribution is 7.88. The number of amides is 1. The van der Waals surface area contributed by atoms with Gasteiger partial charge in [-0.1, -0.05) is 18.0 Å². The molecule has 0 spiro atoms. The van der Waals surface area contributed by atoms with Gasteiger partial charge in [-0.25, -0.2) is 8.42 Å². The van der Waals surface area contributed by atoms with Gasteiger partial charge in [0, 0.05) is 17.6 Å². The summed E-state index contributed by atoms with van der Waals surface area (Å²) in [6.45, 7) is 2.19. The maximum Gasteiger partial charge on any atom is 0.242 e. The van der Waals surface area contributed by atoms with Gasteiger partial charge >= 0.3 is 0 Å². The van der Waals surface area contributed by atoms with E-state index < -0.39 is 16.1 Å². The first-order chi connectivity index (χ1) is 10.7. The van der Waals surface area contributed by atoms with Crippen molar-refractivity contribution in [2.24, 2.45) is 0 Å². The Labute approximate surface area is 141 Å². The number of anilines is 1. The molecule has 1 aromatic carbocycles. The largest absolute Gasteiger partial charge is 0.495 e. The van der Waals surface area contributed by atoms with Gasteiger partial charge < -0.3 is 10.1 Å². The Kier molecular flexibility index (Phi) is 5.54. The number of methoxy groups -OCH3 is 1. The van der Waals surface area contributed by atoms with Crippen molar-refractivity contribution in [1.29, 1.82) is 0 Å². The molecule has 0 saturated carbocycles. The van der Waals surface area contributed by atoms with Crippen LogP contribution in [0.4, 0.5) is 5.69 Å². The number of nitrogens with zero attached hydrogens (tertiary/aromatic N) is 1. The molecule has 8 heteroatoms. The summed E-state index contributed by atoms with van der Waals surface area (Å²) in [5.74, 6) is 0.0887. The Morgan fingerprint density at radius 2 is 2.09 bits per heavy atom. The van der Waals surface area contributed by atoms with Crippen molar-refractivity contribution in [2.45, 2.75) is 32.2 Å². The van der Waals surface area contributed by atoms with Crippen LogP contribution in [0.5, 0.6) is 5.75 Å². The number of sulfonamides is 1. The molecule has 0 radical (unpaired) electrons. The fourth-order valence-corrected chi connectivity index (χ4v) is 3.99. The molecular weight excluding hydrogens is 340 g/mol. The minimum Gasteiger partial charge on any atom is -0.495 e. The number of hydrogen-bond acceptors (Lipinski definition) is 4. The molecule has 1 fully saturated rings. The van der Waals surface area contributed by atoms with Crippen LogP contribution in [0.3, 0.4) is 0 Å². The average molecular weight is 361 g/mol. The van der Waals surface area contributed by atoms with Gasteiger partial charge in [-0.05, 0) is 31.4 Å². The van der Waals surface area contributed by atoms with E-state index in [0.29, 0.717) is 29.4 Å². The Morgan fingerprint density at radius 1 is 1.39 bits per heavy atom. The maximum absolute atomic E-state index is 12.6. The van der Waals surface area contributed by atoms with Crippen LogP contribution >= 0.6 is 11.6 Å². The fraction of sp³-hybridized carbons (Fsp3) is 0.533. The van der Waals surface area contributed by atoms with Crippen LogP contribution in [0.2, 0.25) is 5.02 Å². The molecule has 1 aliphatic rings. The standard InChI is InChI=1S/C15H21ClN2O4S/c1-10-8-12(14(22-2)9-11(10)16)17-15(19)13-6-4-5-7-18(13)23(3,20)21/h8-9,13H,4-7H2,1-3H3,(H,17,19).